The number of amides is 1. The first-order chi connectivity index (χ1) is 7.08. The van der Waals surface area contributed by atoms with Crippen LogP contribution in [0.15, 0.2) is 28.8 Å². The third kappa shape index (κ3) is 1.56. The molecular formula is C9H5NO5. The van der Waals surface area contributed by atoms with Gasteiger partial charge in [-0.05, 0) is 12.2 Å². The Balaban J connectivity index is 2.43. The Bertz CT molecular complexity index is 457. The molecule has 1 aliphatic heterocycles. The minimum atomic E-state index is -1.08. The third-order valence-electron chi connectivity index (χ3n) is 1.98. The predicted molar refractivity (Wildman–Crippen MR) is 47.3 cm³/mol. The van der Waals surface area contributed by atoms with Gasteiger partial charge in [-0.1, -0.05) is 6.08 Å². The largest absolute Gasteiger partial charge is 0.481 e. The van der Waals surface area contributed by atoms with Crippen LogP contribution in [0.1, 0.15) is 0 Å². The number of carbonyl (C=O) groups is 3. The lowest BCUT2D eigenvalue weighted by molar-refractivity contribution is -0.138. The van der Waals surface area contributed by atoms with Gasteiger partial charge in [0, 0.05) is 0 Å². The Morgan fingerprint density at radius 3 is 2.87 bits per heavy atom. The zero-order valence-corrected chi connectivity index (χ0v) is 7.34. The van der Waals surface area contributed by atoms with Crippen molar-refractivity contribution in [3.05, 3.63) is 23.8 Å². The van der Waals surface area contributed by atoms with E-state index >= 15 is 0 Å². The molecule has 1 N–H and O–H groups in total. The monoisotopic (exact) mass is 207 g/mol. The summed E-state index contributed by atoms with van der Waals surface area (Å²) < 4.78 is 4.22. The molecule has 0 saturated carbocycles. The van der Waals surface area contributed by atoms with Crippen LogP contribution in [-0.2, 0) is 14.3 Å². The summed E-state index contributed by atoms with van der Waals surface area (Å²) in [5.74, 6) is -2.83. The highest BCUT2D eigenvalue weighted by Crippen LogP contribution is 2.19. The SMILES string of the molecule is O=C1N=C2C=CC(C(=O)O)C=C2C(=O)O1. The van der Waals surface area contributed by atoms with E-state index in [2.05, 4.69) is 9.73 Å². The van der Waals surface area contributed by atoms with Crippen LogP contribution >= 0.6 is 0 Å². The van der Waals surface area contributed by atoms with Gasteiger partial charge < -0.3 is 9.84 Å². The van der Waals surface area contributed by atoms with Gasteiger partial charge in [-0.15, -0.1) is 0 Å². The molecule has 2 rings (SSSR count). The normalized spacial score (nSPS) is 23.9. The van der Waals surface area contributed by atoms with Crippen molar-refractivity contribution in [1.29, 1.82) is 0 Å². The summed E-state index contributed by atoms with van der Waals surface area (Å²) in [6, 6.07) is 0. The zero-order chi connectivity index (χ0) is 11.0. The second-order valence-corrected chi connectivity index (χ2v) is 2.96. The minimum absolute atomic E-state index is 0.0181. The van der Waals surface area contributed by atoms with Crippen molar-refractivity contribution in [3.63, 3.8) is 0 Å². The number of esters is 1. The fraction of sp³-hybridized carbons (Fsp3) is 0.111. The number of allylic oxidation sites excluding steroid dienone is 1. The van der Waals surface area contributed by atoms with Gasteiger partial charge in [0.15, 0.2) is 0 Å². The van der Waals surface area contributed by atoms with E-state index in [1.54, 1.807) is 0 Å². The van der Waals surface area contributed by atoms with E-state index in [1.165, 1.54) is 18.2 Å². The van der Waals surface area contributed by atoms with Crippen molar-refractivity contribution in [3.8, 4) is 0 Å². The molecule has 0 radical (unpaired) electrons. The van der Waals surface area contributed by atoms with Crippen molar-refractivity contribution >= 4 is 23.7 Å². The van der Waals surface area contributed by atoms with E-state index in [4.69, 9.17) is 5.11 Å². The molecule has 0 aromatic heterocycles. The van der Waals surface area contributed by atoms with Gasteiger partial charge >= 0.3 is 18.0 Å². The summed E-state index contributed by atoms with van der Waals surface area (Å²) in [5, 5.41) is 8.71. The maximum atomic E-state index is 11.2. The summed E-state index contributed by atoms with van der Waals surface area (Å²) in [5.41, 5.74) is 0.165. The number of carboxylic acids is 1. The van der Waals surface area contributed by atoms with Crippen LogP contribution in [0.2, 0.25) is 0 Å². The Hall–Kier alpha value is -2.24. The molecule has 1 amide bonds. The number of carbonyl (C=O) groups excluding carboxylic acids is 2. The Morgan fingerprint density at radius 2 is 2.20 bits per heavy atom. The van der Waals surface area contributed by atoms with Gasteiger partial charge in [-0.3, -0.25) is 4.79 Å². The highest BCUT2D eigenvalue weighted by atomic mass is 16.6. The summed E-state index contributed by atoms with van der Waals surface area (Å²) in [6.07, 6.45) is 2.89. The predicted octanol–water partition coefficient (Wildman–Crippen LogP) is 0.301. The summed E-state index contributed by atoms with van der Waals surface area (Å²) >= 11 is 0. The maximum Gasteiger partial charge on any atom is 0.442 e. The summed E-state index contributed by atoms with van der Waals surface area (Å²) in [4.78, 5) is 36.0. The van der Waals surface area contributed by atoms with Gasteiger partial charge in [0.2, 0.25) is 0 Å². The number of rotatable bonds is 1. The lowest BCUT2D eigenvalue weighted by atomic mass is 9.95. The molecule has 1 heterocycles. The molecule has 76 valence electrons. The van der Waals surface area contributed by atoms with Gasteiger partial charge in [0.05, 0.1) is 17.2 Å². The molecule has 0 spiro atoms. The number of hydrogen-bond donors (Lipinski definition) is 1. The number of nitrogens with zero attached hydrogens (tertiary/aromatic N) is 1. The van der Waals surface area contributed by atoms with Crippen LogP contribution < -0.4 is 0 Å². The number of hydrogen-bond acceptors (Lipinski definition) is 4. The number of aliphatic imine (C=N–C) groups is 1. The first kappa shape index (κ1) is 9.32. The van der Waals surface area contributed by atoms with Gasteiger partial charge in [0.1, 0.15) is 0 Å². The van der Waals surface area contributed by atoms with E-state index in [0.29, 0.717) is 0 Å². The van der Waals surface area contributed by atoms with Crippen LogP contribution in [0, 0.1) is 5.92 Å². The molecule has 0 saturated heterocycles. The average Bonchev–Trinajstić information content (AvgIpc) is 2.16. The van der Waals surface area contributed by atoms with E-state index in [-0.39, 0.29) is 11.3 Å². The molecule has 0 aromatic rings. The molecular weight excluding hydrogens is 202 g/mol. The second kappa shape index (κ2) is 3.16. The van der Waals surface area contributed by atoms with Crippen LogP contribution in [0.4, 0.5) is 4.79 Å². The molecule has 6 nitrogen and oxygen atoms in total. The van der Waals surface area contributed by atoms with Crippen molar-refractivity contribution in [2.45, 2.75) is 0 Å². The van der Waals surface area contributed by atoms with Crippen LogP contribution in [-0.4, -0.2) is 28.9 Å². The average molecular weight is 207 g/mol. The minimum Gasteiger partial charge on any atom is -0.481 e. The highest BCUT2D eigenvalue weighted by Gasteiger charge is 2.30. The van der Waals surface area contributed by atoms with E-state index in [9.17, 15) is 14.4 Å². The van der Waals surface area contributed by atoms with Crippen LogP contribution in [0.5, 0.6) is 0 Å². The Kier molecular flexibility index (Phi) is 1.96. The number of fused-ring (bicyclic) bond motifs is 1. The van der Waals surface area contributed by atoms with Crippen LogP contribution in [0.25, 0.3) is 0 Å². The fourth-order valence-electron chi connectivity index (χ4n) is 1.28. The summed E-state index contributed by atoms with van der Waals surface area (Å²) in [6.45, 7) is 0. The van der Waals surface area contributed by atoms with E-state index in [0.717, 1.165) is 0 Å². The molecule has 1 unspecified atom stereocenters. The maximum absolute atomic E-state index is 11.2. The number of carboxylic acid groups (broad SMARTS) is 1. The lowest BCUT2D eigenvalue weighted by Gasteiger charge is -2.16. The van der Waals surface area contributed by atoms with Crippen LogP contribution in [0.3, 0.4) is 0 Å². The zero-order valence-electron chi connectivity index (χ0n) is 7.34. The Labute approximate surface area is 83.6 Å². The second-order valence-electron chi connectivity index (χ2n) is 2.96. The molecule has 6 heteroatoms. The fourth-order valence-corrected chi connectivity index (χ4v) is 1.28. The van der Waals surface area contributed by atoms with E-state index in [1.807, 2.05) is 0 Å². The van der Waals surface area contributed by atoms with E-state index < -0.39 is 23.9 Å². The topological polar surface area (TPSA) is 93.0 Å². The molecule has 0 bridgehead atoms. The van der Waals surface area contributed by atoms with Gasteiger partial charge in [-0.2, -0.15) is 4.99 Å². The van der Waals surface area contributed by atoms with Crippen molar-refractivity contribution in [1.82, 2.24) is 0 Å². The quantitative estimate of drug-likeness (QED) is 0.493. The van der Waals surface area contributed by atoms with Crippen molar-refractivity contribution < 1.29 is 24.2 Å². The first-order valence-corrected chi connectivity index (χ1v) is 4.06. The molecule has 1 atom stereocenters. The highest BCUT2D eigenvalue weighted by molar-refractivity contribution is 6.30. The number of aliphatic carboxylic acids is 1. The number of ether oxygens (including phenoxy) is 1. The van der Waals surface area contributed by atoms with Crippen molar-refractivity contribution in [2.24, 2.45) is 10.9 Å². The van der Waals surface area contributed by atoms with Crippen molar-refractivity contribution in [2.75, 3.05) is 0 Å². The standard InChI is InChI=1S/C9H5NO5/c11-7(12)4-1-2-6-5(3-4)8(13)15-9(14)10-6/h1-4H,(H,11,12). The van der Waals surface area contributed by atoms with Gasteiger partial charge in [0.25, 0.3) is 0 Å². The number of cyclic esters (lactones) is 2. The molecule has 15 heavy (non-hydrogen) atoms. The molecule has 0 aromatic carbocycles. The third-order valence-corrected chi connectivity index (χ3v) is 1.98. The van der Waals surface area contributed by atoms with Gasteiger partial charge in [-0.25, -0.2) is 9.59 Å². The smallest absolute Gasteiger partial charge is 0.442 e. The first-order valence-electron chi connectivity index (χ1n) is 4.06. The lowest BCUT2D eigenvalue weighted by Crippen LogP contribution is -2.27. The summed E-state index contributed by atoms with van der Waals surface area (Å²) in [7, 11) is 0. The molecule has 0 fully saturated rings. The Morgan fingerprint density at radius 1 is 1.47 bits per heavy atom. The molecule has 1 aliphatic carbocycles. The molecule has 2 aliphatic rings.